The number of halogens is 2. The highest BCUT2D eigenvalue weighted by molar-refractivity contribution is 6.34. The smallest absolute Gasteiger partial charge is 0.258 e. The molecule has 3 rings (SSSR count). The fraction of sp³-hybridized carbons (Fsp3) is 0.444. The number of fused-ring (bicyclic) bond motifs is 1. The van der Waals surface area contributed by atoms with Crippen LogP contribution in [0.5, 0.6) is 0 Å². The lowest BCUT2D eigenvalue weighted by Crippen LogP contribution is -2.36. The van der Waals surface area contributed by atoms with E-state index in [-0.39, 0.29) is 16.0 Å². The predicted octanol–water partition coefficient (Wildman–Crippen LogP) is 4.27. The molecule has 128 valence electrons. The number of hydrogen-bond acceptors (Lipinski definition) is 3. The summed E-state index contributed by atoms with van der Waals surface area (Å²) in [4.78, 5) is 18.8. The summed E-state index contributed by atoms with van der Waals surface area (Å²) in [5, 5.41) is 0.168. The molecule has 0 bridgehead atoms. The van der Waals surface area contributed by atoms with Crippen LogP contribution in [0, 0.1) is 12.7 Å². The number of nitrogens with zero attached hydrogens (tertiary/aromatic N) is 2. The number of amides is 1. The molecule has 0 saturated heterocycles. The van der Waals surface area contributed by atoms with E-state index in [0.717, 1.165) is 11.5 Å². The molecule has 1 aliphatic rings. The summed E-state index contributed by atoms with van der Waals surface area (Å²) in [6.45, 7) is 8.57. The van der Waals surface area contributed by atoms with Crippen LogP contribution in [0.2, 0.25) is 5.02 Å². The van der Waals surface area contributed by atoms with Crippen molar-refractivity contribution >= 4 is 17.5 Å². The van der Waals surface area contributed by atoms with Crippen LogP contribution >= 0.6 is 11.6 Å². The number of aromatic nitrogens is 1. The Labute approximate surface area is 145 Å². The summed E-state index contributed by atoms with van der Waals surface area (Å²) in [7, 11) is 0. The Morgan fingerprint density at radius 2 is 2.08 bits per heavy atom. The molecular weight excluding hydrogens is 331 g/mol. The lowest BCUT2D eigenvalue weighted by atomic mass is 9.97. The molecule has 6 heteroatoms. The van der Waals surface area contributed by atoms with Crippen molar-refractivity contribution in [3.8, 4) is 0 Å². The van der Waals surface area contributed by atoms with Crippen LogP contribution in [0.4, 0.5) is 4.39 Å². The van der Waals surface area contributed by atoms with Crippen molar-refractivity contribution in [2.45, 2.75) is 46.1 Å². The lowest BCUT2D eigenvalue weighted by molar-refractivity contribution is 0.0723. The Morgan fingerprint density at radius 1 is 1.38 bits per heavy atom. The number of aryl methyl sites for hydroxylation is 1. The minimum atomic E-state index is -0.600. The maximum absolute atomic E-state index is 14.1. The Hall–Kier alpha value is -1.88. The topological polar surface area (TPSA) is 46.3 Å². The largest absolute Gasteiger partial charge is 0.445 e. The number of carbonyl (C=O) groups excluding carboxylic acids is 1. The van der Waals surface area contributed by atoms with Crippen molar-refractivity contribution < 1.29 is 13.6 Å². The van der Waals surface area contributed by atoms with Gasteiger partial charge in [0.2, 0.25) is 0 Å². The van der Waals surface area contributed by atoms with Crippen LogP contribution in [0.15, 0.2) is 16.5 Å². The van der Waals surface area contributed by atoms with Gasteiger partial charge in [0.1, 0.15) is 17.3 Å². The fourth-order valence-corrected chi connectivity index (χ4v) is 2.94. The van der Waals surface area contributed by atoms with Crippen LogP contribution in [0.3, 0.4) is 0 Å². The van der Waals surface area contributed by atoms with E-state index in [0.29, 0.717) is 31.0 Å². The number of benzene rings is 1. The van der Waals surface area contributed by atoms with Gasteiger partial charge in [0, 0.05) is 18.4 Å². The highest BCUT2D eigenvalue weighted by Crippen LogP contribution is 2.30. The highest BCUT2D eigenvalue weighted by atomic mass is 35.5. The molecule has 2 heterocycles. The summed E-state index contributed by atoms with van der Waals surface area (Å²) >= 11 is 6.16. The zero-order valence-corrected chi connectivity index (χ0v) is 15.0. The minimum Gasteiger partial charge on any atom is -0.445 e. The Balaban J connectivity index is 1.90. The molecule has 0 aliphatic carbocycles. The molecule has 2 aromatic rings. The molecule has 1 aromatic heterocycles. The molecule has 0 N–H and O–H groups in total. The molecule has 1 amide bonds. The van der Waals surface area contributed by atoms with Gasteiger partial charge in [0.15, 0.2) is 5.89 Å². The molecular formula is C18H20ClFN2O2. The van der Waals surface area contributed by atoms with Gasteiger partial charge in [0.05, 0.1) is 17.1 Å². The maximum atomic E-state index is 14.1. The van der Waals surface area contributed by atoms with Crippen LogP contribution in [0.25, 0.3) is 0 Å². The number of carbonyl (C=O) groups is 1. The molecule has 0 unspecified atom stereocenters. The minimum absolute atomic E-state index is 0.0698. The lowest BCUT2D eigenvalue weighted by Gasteiger charge is -2.26. The third-order valence-electron chi connectivity index (χ3n) is 4.15. The Morgan fingerprint density at radius 3 is 2.75 bits per heavy atom. The zero-order chi connectivity index (χ0) is 17.6. The standard InChI is InChI=1S/C18H20ClFN2O2/c1-10-5-6-11(20)14(15(10)19)16(23)22-8-7-13-12(9-22)21-17(24-13)18(2,3)4/h5-6H,7-9H2,1-4H3. The normalized spacial score (nSPS) is 14.7. The SMILES string of the molecule is Cc1ccc(F)c(C(=O)N2CCc3oc(C(C)(C)C)nc3C2)c1Cl. The summed E-state index contributed by atoms with van der Waals surface area (Å²) in [5.41, 5.74) is 1.15. The fourth-order valence-electron chi connectivity index (χ4n) is 2.70. The zero-order valence-electron chi connectivity index (χ0n) is 14.2. The molecule has 24 heavy (non-hydrogen) atoms. The quantitative estimate of drug-likeness (QED) is 0.771. The van der Waals surface area contributed by atoms with E-state index >= 15 is 0 Å². The molecule has 0 fully saturated rings. The van der Waals surface area contributed by atoms with Crippen molar-refractivity contribution in [2.75, 3.05) is 6.54 Å². The molecule has 0 atom stereocenters. The Bertz CT molecular complexity index is 808. The first-order valence-electron chi connectivity index (χ1n) is 7.91. The average Bonchev–Trinajstić information content (AvgIpc) is 2.94. The number of oxazole rings is 1. The van der Waals surface area contributed by atoms with Crippen LogP contribution < -0.4 is 0 Å². The number of hydrogen-bond donors (Lipinski definition) is 0. The first-order valence-corrected chi connectivity index (χ1v) is 8.29. The summed E-state index contributed by atoms with van der Waals surface area (Å²) < 4.78 is 19.9. The monoisotopic (exact) mass is 350 g/mol. The third kappa shape index (κ3) is 2.93. The van der Waals surface area contributed by atoms with Gasteiger partial charge < -0.3 is 9.32 Å². The predicted molar refractivity (Wildman–Crippen MR) is 89.8 cm³/mol. The van der Waals surface area contributed by atoms with Gasteiger partial charge in [-0.2, -0.15) is 0 Å². The number of rotatable bonds is 1. The summed E-state index contributed by atoms with van der Waals surface area (Å²) in [6.07, 6.45) is 0.565. The second kappa shape index (κ2) is 5.88. The average molecular weight is 351 g/mol. The third-order valence-corrected chi connectivity index (χ3v) is 4.64. The van der Waals surface area contributed by atoms with Crippen LogP contribution in [0.1, 0.15) is 54.0 Å². The van der Waals surface area contributed by atoms with E-state index in [9.17, 15) is 9.18 Å². The first-order chi connectivity index (χ1) is 11.2. The van der Waals surface area contributed by atoms with Crippen molar-refractivity contribution in [3.05, 3.63) is 51.4 Å². The van der Waals surface area contributed by atoms with Crippen LogP contribution in [-0.4, -0.2) is 22.3 Å². The second-order valence-electron chi connectivity index (χ2n) is 7.17. The van der Waals surface area contributed by atoms with E-state index in [1.54, 1.807) is 17.9 Å². The van der Waals surface area contributed by atoms with Crippen molar-refractivity contribution in [1.29, 1.82) is 0 Å². The van der Waals surface area contributed by atoms with Gasteiger partial charge in [-0.05, 0) is 18.6 Å². The van der Waals surface area contributed by atoms with Crippen molar-refractivity contribution in [2.24, 2.45) is 0 Å². The maximum Gasteiger partial charge on any atom is 0.258 e. The van der Waals surface area contributed by atoms with Crippen molar-refractivity contribution in [1.82, 2.24) is 9.88 Å². The van der Waals surface area contributed by atoms with E-state index in [4.69, 9.17) is 16.0 Å². The van der Waals surface area contributed by atoms with E-state index < -0.39 is 11.7 Å². The molecule has 1 aliphatic heterocycles. The van der Waals surface area contributed by atoms with Gasteiger partial charge in [-0.15, -0.1) is 0 Å². The Kier molecular flexibility index (Phi) is 4.16. The van der Waals surface area contributed by atoms with E-state index in [1.165, 1.54) is 6.07 Å². The summed E-state index contributed by atoms with van der Waals surface area (Å²) in [6, 6.07) is 2.84. The van der Waals surface area contributed by atoms with Gasteiger partial charge in [-0.25, -0.2) is 9.37 Å². The highest BCUT2D eigenvalue weighted by Gasteiger charge is 2.31. The second-order valence-corrected chi connectivity index (χ2v) is 7.55. The van der Waals surface area contributed by atoms with Crippen molar-refractivity contribution in [3.63, 3.8) is 0 Å². The van der Waals surface area contributed by atoms with Crippen LogP contribution in [-0.2, 0) is 18.4 Å². The van der Waals surface area contributed by atoms with E-state index in [2.05, 4.69) is 4.98 Å². The molecule has 0 spiro atoms. The first kappa shape index (κ1) is 17.0. The summed E-state index contributed by atoms with van der Waals surface area (Å²) in [5.74, 6) is 0.449. The molecule has 0 radical (unpaired) electrons. The molecule has 0 saturated carbocycles. The molecule has 4 nitrogen and oxygen atoms in total. The molecule has 1 aromatic carbocycles. The van der Waals surface area contributed by atoms with E-state index in [1.807, 2.05) is 20.8 Å². The van der Waals surface area contributed by atoms with Gasteiger partial charge >= 0.3 is 0 Å². The van der Waals surface area contributed by atoms with Gasteiger partial charge in [-0.3, -0.25) is 4.79 Å². The van der Waals surface area contributed by atoms with Gasteiger partial charge in [0.25, 0.3) is 5.91 Å². The van der Waals surface area contributed by atoms with Gasteiger partial charge in [-0.1, -0.05) is 38.4 Å².